The van der Waals surface area contributed by atoms with Gasteiger partial charge in [-0.2, -0.15) is 0 Å². The molecular formula is C19H25N3O4S. The quantitative estimate of drug-likeness (QED) is 0.835. The van der Waals surface area contributed by atoms with Gasteiger partial charge in [0.25, 0.3) is 0 Å². The molecule has 0 saturated carbocycles. The van der Waals surface area contributed by atoms with E-state index in [1.807, 2.05) is 26.8 Å². The Morgan fingerprint density at radius 2 is 2.15 bits per heavy atom. The van der Waals surface area contributed by atoms with E-state index in [-0.39, 0.29) is 12.1 Å². The molecule has 1 aromatic carbocycles. The van der Waals surface area contributed by atoms with Gasteiger partial charge in [0.05, 0.1) is 35.5 Å². The number of carbonyl (C=O) groups excluding carboxylic acids is 1. The van der Waals surface area contributed by atoms with Crippen molar-refractivity contribution < 1.29 is 19.0 Å². The molecule has 8 heteroatoms. The van der Waals surface area contributed by atoms with Gasteiger partial charge in [-0.1, -0.05) is 11.3 Å². The van der Waals surface area contributed by atoms with Gasteiger partial charge in [0.2, 0.25) is 0 Å². The number of carbonyl (C=O) groups is 1. The first-order valence-corrected chi connectivity index (χ1v) is 10.1. The standard InChI is InChI=1S/C19H25N3O4S/c1-19(2,3)26-18(23)21-12-7-8-24-10-13(12)20-17-22-16-11-6-9-25-14(11)4-5-15(16)27-17/h4-5,12-13H,6-10H2,1-3H3,(H,20,22)(H,21,23)/t12-,13+/m0/s1. The lowest BCUT2D eigenvalue weighted by Crippen LogP contribution is -2.53. The van der Waals surface area contributed by atoms with E-state index in [4.69, 9.17) is 19.2 Å². The summed E-state index contributed by atoms with van der Waals surface area (Å²) in [6.45, 7) is 7.41. The van der Waals surface area contributed by atoms with Gasteiger partial charge in [-0.05, 0) is 39.3 Å². The van der Waals surface area contributed by atoms with Gasteiger partial charge in [-0.3, -0.25) is 0 Å². The van der Waals surface area contributed by atoms with Crippen LogP contribution >= 0.6 is 11.3 Å². The number of alkyl carbamates (subject to hydrolysis) is 1. The molecule has 1 amide bonds. The molecule has 4 rings (SSSR count). The molecule has 1 aromatic heterocycles. The highest BCUT2D eigenvalue weighted by molar-refractivity contribution is 7.22. The minimum absolute atomic E-state index is 0.0591. The fourth-order valence-corrected chi connectivity index (χ4v) is 4.36. The van der Waals surface area contributed by atoms with Crippen molar-refractivity contribution in [2.75, 3.05) is 25.1 Å². The molecule has 2 atom stereocenters. The molecule has 0 radical (unpaired) electrons. The highest BCUT2D eigenvalue weighted by atomic mass is 32.1. The molecule has 3 heterocycles. The molecule has 7 nitrogen and oxygen atoms in total. The normalized spacial score (nSPS) is 22.2. The number of amides is 1. The first-order chi connectivity index (χ1) is 12.9. The van der Waals surface area contributed by atoms with Crippen LogP contribution in [0.2, 0.25) is 0 Å². The van der Waals surface area contributed by atoms with Gasteiger partial charge < -0.3 is 24.8 Å². The minimum Gasteiger partial charge on any atom is -0.493 e. The molecule has 0 bridgehead atoms. The zero-order valence-corrected chi connectivity index (χ0v) is 16.6. The van der Waals surface area contributed by atoms with Crippen molar-refractivity contribution in [3.8, 4) is 5.75 Å². The molecule has 1 fully saturated rings. The molecule has 146 valence electrons. The molecule has 0 aliphatic carbocycles. The number of fused-ring (bicyclic) bond motifs is 3. The van der Waals surface area contributed by atoms with Crippen LogP contribution in [0.3, 0.4) is 0 Å². The number of benzene rings is 1. The van der Waals surface area contributed by atoms with Gasteiger partial charge >= 0.3 is 6.09 Å². The summed E-state index contributed by atoms with van der Waals surface area (Å²) >= 11 is 1.61. The molecule has 0 unspecified atom stereocenters. The van der Waals surface area contributed by atoms with Gasteiger partial charge in [-0.15, -0.1) is 0 Å². The Hall–Kier alpha value is -2.06. The Morgan fingerprint density at radius 3 is 2.96 bits per heavy atom. The van der Waals surface area contributed by atoms with Crippen LogP contribution in [0.5, 0.6) is 5.75 Å². The molecule has 2 aliphatic rings. The highest BCUT2D eigenvalue weighted by Crippen LogP contribution is 2.36. The number of nitrogens with zero attached hydrogens (tertiary/aromatic N) is 1. The molecule has 2 aromatic rings. The van der Waals surface area contributed by atoms with Crippen molar-refractivity contribution in [3.05, 3.63) is 17.7 Å². The zero-order valence-electron chi connectivity index (χ0n) is 15.8. The predicted molar refractivity (Wildman–Crippen MR) is 105 cm³/mol. The monoisotopic (exact) mass is 391 g/mol. The lowest BCUT2D eigenvalue weighted by atomic mass is 10.0. The average Bonchev–Trinajstić information content (AvgIpc) is 3.20. The van der Waals surface area contributed by atoms with E-state index in [0.717, 1.165) is 33.9 Å². The summed E-state index contributed by atoms with van der Waals surface area (Å²) in [7, 11) is 0. The van der Waals surface area contributed by atoms with Crippen LogP contribution in [0.15, 0.2) is 12.1 Å². The summed E-state index contributed by atoms with van der Waals surface area (Å²) in [6, 6.07) is 3.94. The van der Waals surface area contributed by atoms with Crippen LogP contribution in [-0.2, 0) is 15.9 Å². The van der Waals surface area contributed by atoms with Crippen molar-refractivity contribution in [1.29, 1.82) is 0 Å². The first kappa shape index (κ1) is 18.3. The molecule has 27 heavy (non-hydrogen) atoms. The lowest BCUT2D eigenvalue weighted by Gasteiger charge is -2.33. The van der Waals surface area contributed by atoms with Crippen LogP contribution in [0, 0.1) is 0 Å². The van der Waals surface area contributed by atoms with Gasteiger partial charge in [0.15, 0.2) is 5.13 Å². The van der Waals surface area contributed by atoms with Crippen molar-refractivity contribution in [2.45, 2.75) is 51.3 Å². The van der Waals surface area contributed by atoms with E-state index in [1.165, 1.54) is 5.56 Å². The van der Waals surface area contributed by atoms with Crippen LogP contribution in [0.1, 0.15) is 32.8 Å². The predicted octanol–water partition coefficient (Wildman–Crippen LogP) is 3.33. The second kappa shape index (κ2) is 7.16. The van der Waals surface area contributed by atoms with Crippen molar-refractivity contribution in [2.24, 2.45) is 0 Å². The summed E-state index contributed by atoms with van der Waals surface area (Å²) in [5, 5.41) is 7.26. The number of nitrogens with one attached hydrogen (secondary N) is 2. The van der Waals surface area contributed by atoms with E-state index >= 15 is 0 Å². The number of ether oxygens (including phenoxy) is 3. The third-order valence-electron chi connectivity index (χ3n) is 4.60. The largest absolute Gasteiger partial charge is 0.493 e. The number of hydrogen-bond acceptors (Lipinski definition) is 7. The maximum Gasteiger partial charge on any atom is 0.407 e. The van der Waals surface area contributed by atoms with Crippen molar-refractivity contribution in [3.63, 3.8) is 0 Å². The van der Waals surface area contributed by atoms with Crippen molar-refractivity contribution in [1.82, 2.24) is 10.3 Å². The minimum atomic E-state index is -0.520. The third kappa shape index (κ3) is 4.11. The molecule has 2 aliphatic heterocycles. The Labute approximate surface area is 162 Å². The number of hydrogen-bond donors (Lipinski definition) is 2. The summed E-state index contributed by atoms with van der Waals surface area (Å²) < 4.78 is 17.8. The first-order valence-electron chi connectivity index (χ1n) is 9.28. The third-order valence-corrected chi connectivity index (χ3v) is 5.55. The van der Waals surface area contributed by atoms with Gasteiger partial charge in [0, 0.05) is 18.6 Å². The summed E-state index contributed by atoms with van der Waals surface area (Å²) in [4.78, 5) is 16.9. The number of thiazole rings is 1. The molecule has 2 N–H and O–H groups in total. The van der Waals surface area contributed by atoms with Crippen LogP contribution in [-0.4, -0.2) is 48.6 Å². The van der Waals surface area contributed by atoms with E-state index in [9.17, 15) is 4.79 Å². The summed E-state index contributed by atoms with van der Waals surface area (Å²) in [5.74, 6) is 0.935. The second-order valence-electron chi connectivity index (χ2n) is 7.87. The highest BCUT2D eigenvalue weighted by Gasteiger charge is 2.30. The van der Waals surface area contributed by atoms with E-state index in [0.29, 0.717) is 19.8 Å². The smallest absolute Gasteiger partial charge is 0.407 e. The van der Waals surface area contributed by atoms with Crippen molar-refractivity contribution >= 4 is 32.8 Å². The van der Waals surface area contributed by atoms with Gasteiger partial charge in [0.1, 0.15) is 11.4 Å². The van der Waals surface area contributed by atoms with Crippen LogP contribution in [0.4, 0.5) is 9.93 Å². The fraction of sp³-hybridized carbons (Fsp3) is 0.579. The molecule has 0 spiro atoms. The number of rotatable bonds is 3. The van der Waals surface area contributed by atoms with E-state index < -0.39 is 11.7 Å². The zero-order chi connectivity index (χ0) is 19.0. The van der Waals surface area contributed by atoms with Gasteiger partial charge in [-0.25, -0.2) is 9.78 Å². The Balaban J connectivity index is 1.48. The Morgan fingerprint density at radius 1 is 1.30 bits per heavy atom. The second-order valence-corrected chi connectivity index (χ2v) is 8.90. The maximum absolute atomic E-state index is 12.2. The Kier molecular flexibility index (Phi) is 4.86. The SMILES string of the molecule is CC(C)(C)OC(=O)N[C@H]1CCOC[C@H]1Nc1nc2c3c(ccc2s1)OCC3. The summed E-state index contributed by atoms with van der Waals surface area (Å²) in [5.41, 5.74) is 1.67. The summed E-state index contributed by atoms with van der Waals surface area (Å²) in [6.07, 6.45) is 1.22. The molecule has 1 saturated heterocycles. The molecular weight excluding hydrogens is 366 g/mol. The maximum atomic E-state index is 12.2. The number of aromatic nitrogens is 1. The van der Waals surface area contributed by atoms with E-state index in [2.05, 4.69) is 16.7 Å². The fourth-order valence-electron chi connectivity index (χ4n) is 3.40. The lowest BCUT2D eigenvalue weighted by molar-refractivity contribution is 0.0365. The topological polar surface area (TPSA) is 81.7 Å². The van der Waals surface area contributed by atoms with Crippen LogP contribution in [0.25, 0.3) is 10.2 Å². The van der Waals surface area contributed by atoms with Crippen LogP contribution < -0.4 is 15.4 Å². The van der Waals surface area contributed by atoms with E-state index in [1.54, 1.807) is 11.3 Å². The average molecular weight is 391 g/mol. The number of anilines is 1. The Bertz CT molecular complexity index is 845.